The van der Waals surface area contributed by atoms with E-state index in [0.29, 0.717) is 0 Å². The standard InChI is InChI=1S/C18H24BN3O3/c1-13(14-9-7-6-8-10-14)21-16(23)22-12-15(11-20-22)19-24-17(2,3)18(4,5)25-19/h6-13H,1-5H3,(H,21,23). The molecule has 25 heavy (non-hydrogen) atoms. The maximum absolute atomic E-state index is 12.4. The number of aromatic nitrogens is 2. The molecule has 1 unspecified atom stereocenters. The summed E-state index contributed by atoms with van der Waals surface area (Å²) in [5.41, 5.74) is 0.906. The maximum Gasteiger partial charge on any atom is 0.498 e. The summed E-state index contributed by atoms with van der Waals surface area (Å²) in [6.45, 7) is 9.90. The van der Waals surface area contributed by atoms with E-state index in [9.17, 15) is 4.79 Å². The number of hydrogen-bond acceptors (Lipinski definition) is 4. The molecule has 0 saturated carbocycles. The number of nitrogens with zero attached hydrogens (tertiary/aromatic N) is 2. The Kier molecular flexibility index (Phi) is 4.47. The summed E-state index contributed by atoms with van der Waals surface area (Å²) in [4.78, 5) is 12.4. The lowest BCUT2D eigenvalue weighted by molar-refractivity contribution is 0.00578. The number of nitrogens with one attached hydrogen (secondary N) is 1. The highest BCUT2D eigenvalue weighted by Crippen LogP contribution is 2.36. The summed E-state index contributed by atoms with van der Waals surface area (Å²) < 4.78 is 13.3. The van der Waals surface area contributed by atoms with Gasteiger partial charge >= 0.3 is 13.1 Å². The first-order valence-electron chi connectivity index (χ1n) is 8.46. The van der Waals surface area contributed by atoms with E-state index in [4.69, 9.17) is 9.31 Å². The summed E-state index contributed by atoms with van der Waals surface area (Å²) in [6, 6.07) is 9.39. The van der Waals surface area contributed by atoms with Crippen LogP contribution >= 0.6 is 0 Å². The van der Waals surface area contributed by atoms with Gasteiger partial charge in [0.25, 0.3) is 0 Å². The summed E-state index contributed by atoms with van der Waals surface area (Å²) in [5, 5.41) is 7.08. The summed E-state index contributed by atoms with van der Waals surface area (Å²) >= 11 is 0. The monoisotopic (exact) mass is 341 g/mol. The third-order valence-electron chi connectivity index (χ3n) is 4.98. The van der Waals surface area contributed by atoms with Crippen LogP contribution in [0.15, 0.2) is 42.7 Å². The highest BCUT2D eigenvalue weighted by Gasteiger charge is 2.52. The minimum absolute atomic E-state index is 0.113. The van der Waals surface area contributed by atoms with Crippen LogP contribution in [0.5, 0.6) is 0 Å². The minimum atomic E-state index is -0.530. The molecular weight excluding hydrogens is 317 g/mol. The van der Waals surface area contributed by atoms with Crippen LogP contribution in [-0.2, 0) is 9.31 Å². The van der Waals surface area contributed by atoms with Crippen molar-refractivity contribution >= 4 is 18.6 Å². The Morgan fingerprint density at radius 3 is 2.36 bits per heavy atom. The largest absolute Gasteiger partial charge is 0.498 e. The zero-order valence-electron chi connectivity index (χ0n) is 15.3. The third-order valence-corrected chi connectivity index (χ3v) is 4.98. The molecule has 2 heterocycles. The van der Waals surface area contributed by atoms with Gasteiger partial charge in [0.2, 0.25) is 0 Å². The molecule has 0 radical (unpaired) electrons. The molecule has 1 aliphatic rings. The molecule has 132 valence electrons. The average molecular weight is 341 g/mol. The van der Waals surface area contributed by atoms with Crippen LogP contribution in [0.25, 0.3) is 0 Å². The van der Waals surface area contributed by atoms with Crippen molar-refractivity contribution in [1.29, 1.82) is 0 Å². The first-order chi connectivity index (χ1) is 11.7. The number of hydrogen-bond donors (Lipinski definition) is 1. The molecule has 1 aromatic carbocycles. The number of rotatable bonds is 3. The molecule has 2 aromatic rings. The van der Waals surface area contributed by atoms with E-state index in [1.807, 2.05) is 65.0 Å². The second-order valence-electron chi connectivity index (χ2n) is 7.39. The second-order valence-corrected chi connectivity index (χ2v) is 7.39. The van der Waals surface area contributed by atoms with Gasteiger partial charge in [-0.3, -0.25) is 0 Å². The van der Waals surface area contributed by atoms with Crippen LogP contribution in [0.4, 0.5) is 4.79 Å². The van der Waals surface area contributed by atoms with Crippen molar-refractivity contribution < 1.29 is 14.1 Å². The van der Waals surface area contributed by atoms with E-state index in [-0.39, 0.29) is 12.1 Å². The topological polar surface area (TPSA) is 65.4 Å². The molecule has 0 bridgehead atoms. The molecule has 1 aliphatic heterocycles. The summed E-state index contributed by atoms with van der Waals surface area (Å²) in [6.07, 6.45) is 3.25. The van der Waals surface area contributed by atoms with Gasteiger partial charge in [0.05, 0.1) is 17.2 Å². The number of carbonyl (C=O) groups is 1. The normalized spacial score (nSPS) is 19.6. The second kappa shape index (κ2) is 6.31. The maximum atomic E-state index is 12.4. The van der Waals surface area contributed by atoms with Crippen molar-refractivity contribution in [2.45, 2.75) is 51.9 Å². The molecule has 3 rings (SSSR count). The van der Waals surface area contributed by atoms with Crippen LogP contribution in [-0.4, -0.2) is 34.1 Å². The van der Waals surface area contributed by atoms with E-state index in [1.165, 1.54) is 4.68 Å². The van der Waals surface area contributed by atoms with Gasteiger partial charge in [-0.05, 0) is 40.2 Å². The van der Waals surface area contributed by atoms with Crippen LogP contribution in [0, 0.1) is 0 Å². The Hall–Kier alpha value is -2.12. The molecule has 0 spiro atoms. The van der Waals surface area contributed by atoms with Gasteiger partial charge in [-0.15, -0.1) is 0 Å². The SMILES string of the molecule is CC(NC(=O)n1cc(B2OC(C)(C)C(C)(C)O2)cn1)c1ccccc1. The van der Waals surface area contributed by atoms with Crippen molar-refractivity contribution in [2.24, 2.45) is 0 Å². The van der Waals surface area contributed by atoms with E-state index >= 15 is 0 Å². The van der Waals surface area contributed by atoms with Crippen molar-refractivity contribution in [3.05, 3.63) is 48.3 Å². The highest BCUT2D eigenvalue weighted by atomic mass is 16.7. The van der Waals surface area contributed by atoms with Gasteiger partial charge < -0.3 is 14.6 Å². The molecule has 1 atom stereocenters. The Balaban J connectivity index is 1.69. The molecule has 0 aliphatic carbocycles. The molecule has 7 heteroatoms. The molecule has 1 saturated heterocycles. The minimum Gasteiger partial charge on any atom is -0.399 e. The van der Waals surface area contributed by atoms with Crippen LogP contribution in [0.3, 0.4) is 0 Å². The van der Waals surface area contributed by atoms with Gasteiger partial charge in [0.15, 0.2) is 0 Å². The van der Waals surface area contributed by atoms with E-state index in [1.54, 1.807) is 12.4 Å². The molecule has 1 N–H and O–H groups in total. The van der Waals surface area contributed by atoms with Crippen LogP contribution in [0.2, 0.25) is 0 Å². The Morgan fingerprint density at radius 2 is 1.76 bits per heavy atom. The van der Waals surface area contributed by atoms with Gasteiger partial charge in [-0.2, -0.15) is 9.78 Å². The van der Waals surface area contributed by atoms with Crippen molar-refractivity contribution in [1.82, 2.24) is 15.1 Å². The zero-order valence-corrected chi connectivity index (χ0v) is 15.3. The van der Waals surface area contributed by atoms with E-state index < -0.39 is 18.3 Å². The Labute approximate surface area is 148 Å². The number of amides is 1. The molecule has 1 amide bonds. The van der Waals surface area contributed by atoms with E-state index in [2.05, 4.69) is 10.4 Å². The number of carbonyl (C=O) groups excluding carboxylic acids is 1. The fraction of sp³-hybridized carbons (Fsp3) is 0.444. The average Bonchev–Trinajstić information content (AvgIpc) is 3.11. The fourth-order valence-corrected chi connectivity index (χ4v) is 2.63. The fourth-order valence-electron chi connectivity index (χ4n) is 2.63. The van der Waals surface area contributed by atoms with Crippen molar-refractivity contribution in [3.63, 3.8) is 0 Å². The first-order valence-corrected chi connectivity index (χ1v) is 8.46. The lowest BCUT2D eigenvalue weighted by atomic mass is 9.82. The quantitative estimate of drug-likeness (QED) is 0.872. The van der Waals surface area contributed by atoms with Gasteiger partial charge in [0.1, 0.15) is 0 Å². The summed E-state index contributed by atoms with van der Waals surface area (Å²) in [5.74, 6) is 0. The molecule has 1 fully saturated rings. The van der Waals surface area contributed by atoms with Gasteiger partial charge in [-0.1, -0.05) is 30.3 Å². The molecule has 6 nitrogen and oxygen atoms in total. The Bertz CT molecular complexity index is 742. The first kappa shape index (κ1) is 17.7. The Morgan fingerprint density at radius 1 is 1.16 bits per heavy atom. The predicted molar refractivity (Wildman–Crippen MR) is 96.7 cm³/mol. The molecular formula is C18H24BN3O3. The van der Waals surface area contributed by atoms with Gasteiger partial charge in [0, 0.05) is 17.9 Å². The van der Waals surface area contributed by atoms with Crippen molar-refractivity contribution in [3.8, 4) is 0 Å². The lowest BCUT2D eigenvalue weighted by Gasteiger charge is -2.32. The zero-order chi connectivity index (χ0) is 18.2. The third kappa shape index (κ3) is 3.48. The van der Waals surface area contributed by atoms with Crippen LogP contribution in [0.1, 0.15) is 46.2 Å². The predicted octanol–water partition coefficient (Wildman–Crippen LogP) is 2.50. The van der Waals surface area contributed by atoms with Crippen molar-refractivity contribution in [2.75, 3.05) is 0 Å². The smallest absolute Gasteiger partial charge is 0.399 e. The van der Waals surface area contributed by atoms with Gasteiger partial charge in [-0.25, -0.2) is 4.79 Å². The lowest BCUT2D eigenvalue weighted by Crippen LogP contribution is -2.41. The summed E-state index contributed by atoms with van der Waals surface area (Å²) in [7, 11) is -0.530. The molecule has 1 aromatic heterocycles. The van der Waals surface area contributed by atoms with Crippen LogP contribution < -0.4 is 10.8 Å². The van der Waals surface area contributed by atoms with E-state index in [0.717, 1.165) is 11.0 Å². The highest BCUT2D eigenvalue weighted by molar-refractivity contribution is 6.62. The number of benzene rings is 1.